The van der Waals surface area contributed by atoms with Gasteiger partial charge in [0, 0.05) is 22.3 Å². The van der Waals surface area contributed by atoms with Crippen LogP contribution in [0.15, 0.2) is 115 Å². The van der Waals surface area contributed by atoms with Crippen LogP contribution in [0.4, 0.5) is 0 Å². The van der Waals surface area contributed by atoms with Gasteiger partial charge in [0.15, 0.2) is 5.82 Å². The van der Waals surface area contributed by atoms with E-state index in [1.807, 2.05) is 54.6 Å². The lowest BCUT2D eigenvalue weighted by Gasteiger charge is -2.09. The number of nitrogens with zero attached hydrogens (tertiary/aromatic N) is 3. The molecule has 6 aromatic rings. The molecule has 3 nitrogen and oxygen atoms in total. The van der Waals surface area contributed by atoms with E-state index in [-0.39, 0.29) is 0 Å². The lowest BCUT2D eigenvalue weighted by molar-refractivity contribution is 1.18. The second kappa shape index (κ2) is 8.41. The third kappa shape index (κ3) is 3.93. The summed E-state index contributed by atoms with van der Waals surface area (Å²) in [7, 11) is 0. The molecule has 0 amide bonds. The molecule has 33 heavy (non-hydrogen) atoms. The molecule has 0 saturated carbocycles. The van der Waals surface area contributed by atoms with E-state index in [0.717, 1.165) is 48.9 Å². The Kier molecular flexibility index (Phi) is 4.98. The Labute approximate surface area is 196 Å². The normalized spacial score (nSPS) is 11.0. The fraction of sp³-hybridized carbons (Fsp3) is 0. The minimum absolute atomic E-state index is 0.715. The van der Waals surface area contributed by atoms with Crippen LogP contribution in [0.1, 0.15) is 0 Å². The van der Waals surface area contributed by atoms with Gasteiger partial charge in [0.05, 0.1) is 21.6 Å². The zero-order valence-electron chi connectivity index (χ0n) is 17.7. The zero-order valence-corrected chi connectivity index (χ0v) is 18.5. The highest BCUT2D eigenvalue weighted by molar-refractivity contribution is 7.21. The summed E-state index contributed by atoms with van der Waals surface area (Å²) >= 11 is 1.69. The average molecular weight is 442 g/mol. The lowest BCUT2D eigenvalue weighted by atomic mass is 10.1. The van der Waals surface area contributed by atoms with Crippen molar-refractivity contribution in [2.45, 2.75) is 0 Å². The third-order valence-corrected chi connectivity index (χ3v) is 6.60. The molecule has 0 spiro atoms. The Bertz CT molecular complexity index is 1480. The molecule has 0 saturated heterocycles. The number of aromatic nitrogens is 3. The molecule has 0 unspecified atom stereocenters. The number of hydrogen-bond acceptors (Lipinski definition) is 4. The van der Waals surface area contributed by atoms with Gasteiger partial charge >= 0.3 is 0 Å². The molecule has 156 valence electrons. The van der Waals surface area contributed by atoms with Gasteiger partial charge in [-0.1, -0.05) is 91.0 Å². The SMILES string of the molecule is c1ccc(-c2cc(-c3ccccc3)nc(-c3ccc4nc(-c5ccccc5)sc4c3)n2)cc1. The molecule has 0 aliphatic heterocycles. The van der Waals surface area contributed by atoms with Gasteiger partial charge in [0.1, 0.15) is 5.01 Å². The molecule has 0 aliphatic carbocycles. The summed E-state index contributed by atoms with van der Waals surface area (Å²) in [5.74, 6) is 0.715. The van der Waals surface area contributed by atoms with Gasteiger partial charge in [-0.2, -0.15) is 0 Å². The van der Waals surface area contributed by atoms with E-state index in [0.29, 0.717) is 5.82 Å². The van der Waals surface area contributed by atoms with Crippen molar-refractivity contribution in [2.24, 2.45) is 0 Å². The molecular weight excluding hydrogens is 422 g/mol. The van der Waals surface area contributed by atoms with Crippen LogP contribution in [0.5, 0.6) is 0 Å². The fourth-order valence-corrected chi connectivity index (χ4v) is 4.87. The Morgan fingerprint density at radius 1 is 0.455 bits per heavy atom. The highest BCUT2D eigenvalue weighted by atomic mass is 32.1. The maximum absolute atomic E-state index is 4.94. The van der Waals surface area contributed by atoms with Gasteiger partial charge in [0.2, 0.25) is 0 Å². The van der Waals surface area contributed by atoms with Crippen molar-refractivity contribution in [1.82, 2.24) is 15.0 Å². The van der Waals surface area contributed by atoms with E-state index >= 15 is 0 Å². The van der Waals surface area contributed by atoms with Crippen molar-refractivity contribution in [2.75, 3.05) is 0 Å². The van der Waals surface area contributed by atoms with Crippen LogP contribution in [0.25, 0.3) is 54.7 Å². The molecule has 0 radical (unpaired) electrons. The van der Waals surface area contributed by atoms with E-state index in [4.69, 9.17) is 15.0 Å². The molecule has 2 heterocycles. The van der Waals surface area contributed by atoms with Gasteiger partial charge < -0.3 is 0 Å². The monoisotopic (exact) mass is 441 g/mol. The molecule has 0 aliphatic rings. The summed E-state index contributed by atoms with van der Waals surface area (Å²) in [6.45, 7) is 0. The van der Waals surface area contributed by atoms with E-state index in [9.17, 15) is 0 Å². The summed E-state index contributed by atoms with van der Waals surface area (Å²) in [4.78, 5) is 14.7. The van der Waals surface area contributed by atoms with Crippen molar-refractivity contribution >= 4 is 21.6 Å². The highest BCUT2D eigenvalue weighted by Crippen LogP contribution is 2.33. The summed E-state index contributed by atoms with van der Waals surface area (Å²) in [6, 6.07) is 39.2. The number of benzene rings is 4. The number of rotatable bonds is 4. The largest absolute Gasteiger partial charge is 0.236 e. The Morgan fingerprint density at radius 2 is 1.00 bits per heavy atom. The van der Waals surface area contributed by atoms with Crippen molar-refractivity contribution in [1.29, 1.82) is 0 Å². The zero-order chi connectivity index (χ0) is 22.0. The Hall–Kier alpha value is -4.15. The standard InChI is InChI=1S/C29H19N3S/c1-4-10-20(11-5-1)25-19-26(21-12-6-2-7-13-21)31-28(30-25)23-16-17-24-27(18-23)33-29(32-24)22-14-8-3-9-15-22/h1-19H. The Morgan fingerprint density at radius 3 is 1.58 bits per heavy atom. The Balaban J connectivity index is 1.49. The van der Waals surface area contributed by atoms with Crippen molar-refractivity contribution in [3.8, 4) is 44.5 Å². The van der Waals surface area contributed by atoms with Gasteiger partial charge in [0.25, 0.3) is 0 Å². The van der Waals surface area contributed by atoms with Gasteiger partial charge in [-0.25, -0.2) is 15.0 Å². The van der Waals surface area contributed by atoms with E-state index in [1.54, 1.807) is 11.3 Å². The maximum atomic E-state index is 4.94. The van der Waals surface area contributed by atoms with E-state index < -0.39 is 0 Å². The van der Waals surface area contributed by atoms with E-state index in [2.05, 4.69) is 60.7 Å². The minimum atomic E-state index is 0.715. The van der Waals surface area contributed by atoms with Crippen LogP contribution in [0.3, 0.4) is 0 Å². The maximum Gasteiger partial charge on any atom is 0.160 e. The van der Waals surface area contributed by atoms with Crippen molar-refractivity contribution < 1.29 is 0 Å². The molecule has 0 N–H and O–H groups in total. The smallest absolute Gasteiger partial charge is 0.160 e. The highest BCUT2D eigenvalue weighted by Gasteiger charge is 2.13. The van der Waals surface area contributed by atoms with Crippen molar-refractivity contribution in [3.63, 3.8) is 0 Å². The van der Waals surface area contributed by atoms with Gasteiger partial charge in [-0.3, -0.25) is 0 Å². The first-order valence-corrected chi connectivity index (χ1v) is 11.6. The summed E-state index contributed by atoms with van der Waals surface area (Å²) in [6.07, 6.45) is 0. The molecule has 6 rings (SSSR count). The van der Waals surface area contributed by atoms with Crippen LogP contribution in [0.2, 0.25) is 0 Å². The summed E-state index contributed by atoms with van der Waals surface area (Å²) < 4.78 is 1.13. The average Bonchev–Trinajstić information content (AvgIpc) is 3.34. The number of hydrogen-bond donors (Lipinski definition) is 0. The second-order valence-corrected chi connectivity index (χ2v) is 8.79. The molecule has 0 fully saturated rings. The fourth-order valence-electron chi connectivity index (χ4n) is 3.86. The molecule has 0 atom stereocenters. The topological polar surface area (TPSA) is 38.7 Å². The predicted molar refractivity (Wildman–Crippen MR) is 137 cm³/mol. The quantitative estimate of drug-likeness (QED) is 0.281. The molecule has 4 aromatic carbocycles. The van der Waals surface area contributed by atoms with Gasteiger partial charge in [-0.05, 0) is 24.3 Å². The predicted octanol–water partition coefficient (Wildman–Crippen LogP) is 7.75. The molecule has 4 heteroatoms. The summed E-state index contributed by atoms with van der Waals surface area (Å²) in [5.41, 5.74) is 7.08. The van der Waals surface area contributed by atoms with Crippen LogP contribution in [0, 0.1) is 0 Å². The first-order chi connectivity index (χ1) is 16.3. The van der Waals surface area contributed by atoms with Crippen LogP contribution in [-0.4, -0.2) is 15.0 Å². The first-order valence-electron chi connectivity index (χ1n) is 10.8. The van der Waals surface area contributed by atoms with Gasteiger partial charge in [-0.15, -0.1) is 11.3 Å². The minimum Gasteiger partial charge on any atom is -0.236 e. The summed E-state index contributed by atoms with van der Waals surface area (Å²) in [5, 5.41) is 1.02. The number of fused-ring (bicyclic) bond motifs is 1. The lowest BCUT2D eigenvalue weighted by Crippen LogP contribution is -1.95. The van der Waals surface area contributed by atoms with E-state index in [1.165, 1.54) is 0 Å². The molecule has 2 aromatic heterocycles. The first kappa shape index (κ1) is 19.5. The third-order valence-electron chi connectivity index (χ3n) is 5.53. The second-order valence-electron chi connectivity index (χ2n) is 7.76. The van der Waals surface area contributed by atoms with Crippen LogP contribution < -0.4 is 0 Å². The number of thiazole rings is 1. The van der Waals surface area contributed by atoms with Crippen LogP contribution in [-0.2, 0) is 0 Å². The molecular formula is C29H19N3S. The molecule has 0 bridgehead atoms. The van der Waals surface area contributed by atoms with Crippen molar-refractivity contribution in [3.05, 3.63) is 115 Å². The van der Waals surface area contributed by atoms with Crippen LogP contribution >= 0.6 is 11.3 Å².